The summed E-state index contributed by atoms with van der Waals surface area (Å²) < 4.78 is 6.19. The normalized spacial score (nSPS) is 25.7. The van der Waals surface area contributed by atoms with Crippen molar-refractivity contribution >= 4 is 23.4 Å². The summed E-state index contributed by atoms with van der Waals surface area (Å²) in [4.78, 5) is 0. The van der Waals surface area contributed by atoms with Crippen molar-refractivity contribution in [3.05, 3.63) is 28.3 Å². The van der Waals surface area contributed by atoms with Crippen LogP contribution in [0, 0.1) is 0 Å². The number of thioether (sulfide) groups is 1. The number of nitrogens with one attached hydrogen (secondary N) is 1. The van der Waals surface area contributed by atoms with Crippen LogP contribution in [-0.4, -0.2) is 29.7 Å². The smallest absolute Gasteiger partial charge is 0.125 e. The molecule has 2 atom stereocenters. The second kappa shape index (κ2) is 6.39. The van der Waals surface area contributed by atoms with E-state index in [0.717, 1.165) is 36.8 Å². The summed E-state index contributed by atoms with van der Waals surface area (Å²) in [6.45, 7) is 6.39. The van der Waals surface area contributed by atoms with E-state index >= 15 is 0 Å². The van der Waals surface area contributed by atoms with Crippen LogP contribution in [0.1, 0.15) is 37.8 Å². The predicted octanol–water partition coefficient (Wildman–Crippen LogP) is 4.08. The van der Waals surface area contributed by atoms with Gasteiger partial charge in [-0.05, 0) is 61.7 Å². The highest BCUT2D eigenvalue weighted by molar-refractivity contribution is 8.00. The van der Waals surface area contributed by atoms with Gasteiger partial charge in [-0.3, -0.25) is 0 Å². The first kappa shape index (κ1) is 15.5. The van der Waals surface area contributed by atoms with Gasteiger partial charge in [0, 0.05) is 22.2 Å². The predicted molar refractivity (Wildman–Crippen MR) is 91.9 cm³/mol. The lowest BCUT2D eigenvalue weighted by atomic mass is 9.90. The zero-order valence-corrected chi connectivity index (χ0v) is 14.4. The van der Waals surface area contributed by atoms with Crippen LogP contribution in [0.2, 0.25) is 5.02 Å². The van der Waals surface area contributed by atoms with E-state index in [-0.39, 0.29) is 0 Å². The van der Waals surface area contributed by atoms with Crippen LogP contribution in [0.15, 0.2) is 12.1 Å². The summed E-state index contributed by atoms with van der Waals surface area (Å²) in [5, 5.41) is 4.55. The molecular weight excluding hydrogens is 302 g/mol. The number of benzene rings is 1. The van der Waals surface area contributed by atoms with E-state index in [1.807, 2.05) is 0 Å². The van der Waals surface area contributed by atoms with Gasteiger partial charge in [0.2, 0.25) is 0 Å². The second-order valence-electron chi connectivity index (χ2n) is 6.23. The van der Waals surface area contributed by atoms with Crippen molar-refractivity contribution in [1.82, 2.24) is 5.32 Å². The quantitative estimate of drug-likeness (QED) is 0.881. The third-order valence-corrected chi connectivity index (χ3v) is 6.55. The minimum atomic E-state index is 0.323. The summed E-state index contributed by atoms with van der Waals surface area (Å²) in [5.41, 5.74) is 2.55. The fourth-order valence-corrected chi connectivity index (χ4v) is 5.22. The Morgan fingerprint density at radius 3 is 3.05 bits per heavy atom. The van der Waals surface area contributed by atoms with Gasteiger partial charge in [-0.25, -0.2) is 0 Å². The number of halogens is 1. The van der Waals surface area contributed by atoms with Crippen LogP contribution in [0.4, 0.5) is 0 Å². The fourth-order valence-electron chi connectivity index (χ4n) is 3.54. The number of ether oxygens (including phenoxy) is 1. The van der Waals surface area contributed by atoms with Crippen LogP contribution in [0.5, 0.6) is 5.75 Å². The van der Waals surface area contributed by atoms with Gasteiger partial charge in [-0.1, -0.05) is 18.5 Å². The monoisotopic (exact) mass is 325 g/mol. The molecule has 1 aromatic rings. The van der Waals surface area contributed by atoms with Gasteiger partial charge in [0.25, 0.3) is 0 Å². The SMILES string of the molecule is CCNC(Cc1cc(Cl)cc2c1OCC2)C1(C)CCCS1. The lowest BCUT2D eigenvalue weighted by Gasteiger charge is -2.34. The maximum Gasteiger partial charge on any atom is 0.125 e. The Morgan fingerprint density at radius 1 is 1.48 bits per heavy atom. The van der Waals surface area contributed by atoms with Gasteiger partial charge in [0.15, 0.2) is 0 Å². The number of hydrogen-bond acceptors (Lipinski definition) is 3. The zero-order valence-electron chi connectivity index (χ0n) is 12.9. The first-order valence-corrected chi connectivity index (χ1v) is 9.30. The molecule has 1 fully saturated rings. The number of likely N-dealkylation sites (N-methyl/N-ethyl adjacent to an activating group) is 1. The Kier molecular flexibility index (Phi) is 4.72. The van der Waals surface area contributed by atoms with Crippen LogP contribution in [0.3, 0.4) is 0 Å². The van der Waals surface area contributed by atoms with Gasteiger partial charge < -0.3 is 10.1 Å². The van der Waals surface area contributed by atoms with E-state index < -0.39 is 0 Å². The van der Waals surface area contributed by atoms with E-state index in [2.05, 4.69) is 43.1 Å². The molecule has 3 rings (SSSR count). The van der Waals surface area contributed by atoms with Gasteiger partial charge in [-0.2, -0.15) is 11.8 Å². The van der Waals surface area contributed by atoms with Gasteiger partial charge >= 0.3 is 0 Å². The second-order valence-corrected chi connectivity index (χ2v) is 8.30. The van der Waals surface area contributed by atoms with Crippen molar-refractivity contribution in [2.24, 2.45) is 0 Å². The molecule has 1 N–H and O–H groups in total. The Hall–Kier alpha value is -0.380. The molecule has 0 bridgehead atoms. The average Bonchev–Trinajstić information content (AvgIpc) is 3.07. The van der Waals surface area contributed by atoms with Crippen molar-refractivity contribution in [2.45, 2.75) is 50.3 Å². The van der Waals surface area contributed by atoms with Gasteiger partial charge in [0.05, 0.1) is 6.61 Å². The van der Waals surface area contributed by atoms with E-state index in [4.69, 9.17) is 16.3 Å². The molecule has 0 amide bonds. The molecular formula is C17H24ClNOS. The number of rotatable bonds is 5. The summed E-state index contributed by atoms with van der Waals surface area (Å²) in [7, 11) is 0. The molecule has 2 aliphatic heterocycles. The van der Waals surface area contributed by atoms with Gasteiger partial charge in [-0.15, -0.1) is 0 Å². The maximum absolute atomic E-state index is 6.30. The van der Waals surface area contributed by atoms with Crippen LogP contribution >= 0.6 is 23.4 Å². The third-order valence-electron chi connectivity index (χ3n) is 4.69. The molecule has 0 aromatic heterocycles. The largest absolute Gasteiger partial charge is 0.493 e. The first-order valence-electron chi connectivity index (χ1n) is 7.94. The summed E-state index contributed by atoms with van der Waals surface area (Å²) in [5.74, 6) is 2.37. The Morgan fingerprint density at radius 2 is 2.33 bits per heavy atom. The third kappa shape index (κ3) is 3.20. The molecule has 2 heterocycles. The molecule has 4 heteroatoms. The molecule has 2 aliphatic rings. The minimum Gasteiger partial charge on any atom is -0.493 e. The standard InChI is InChI=1S/C17H24ClNOS/c1-3-19-15(17(2)6-4-8-21-17)11-13-10-14(18)9-12-5-7-20-16(12)13/h9-10,15,19H,3-8,11H2,1-2H3. The fraction of sp³-hybridized carbons (Fsp3) is 0.647. The molecule has 0 aliphatic carbocycles. The van der Waals surface area contributed by atoms with Crippen LogP contribution in [0.25, 0.3) is 0 Å². The summed E-state index contributed by atoms with van der Waals surface area (Å²) in [6.07, 6.45) is 4.60. The van der Waals surface area contributed by atoms with Crippen molar-refractivity contribution in [3.63, 3.8) is 0 Å². The summed E-state index contributed by atoms with van der Waals surface area (Å²) >= 11 is 8.42. The molecule has 1 aromatic carbocycles. The van der Waals surface area contributed by atoms with Crippen molar-refractivity contribution in [3.8, 4) is 5.75 Å². The van der Waals surface area contributed by atoms with Crippen LogP contribution in [-0.2, 0) is 12.8 Å². The molecule has 0 saturated carbocycles. The van der Waals surface area contributed by atoms with Crippen LogP contribution < -0.4 is 10.1 Å². The highest BCUT2D eigenvalue weighted by atomic mass is 35.5. The van der Waals surface area contributed by atoms with Crippen molar-refractivity contribution < 1.29 is 4.74 Å². The molecule has 2 nitrogen and oxygen atoms in total. The van der Waals surface area contributed by atoms with E-state index in [9.17, 15) is 0 Å². The highest BCUT2D eigenvalue weighted by Crippen LogP contribution is 2.43. The lowest BCUT2D eigenvalue weighted by molar-refractivity contribution is 0.347. The Bertz CT molecular complexity index is 514. The molecule has 116 valence electrons. The lowest BCUT2D eigenvalue weighted by Crippen LogP contribution is -2.46. The highest BCUT2D eigenvalue weighted by Gasteiger charge is 2.38. The molecule has 0 radical (unpaired) electrons. The van der Waals surface area contributed by atoms with Gasteiger partial charge in [0.1, 0.15) is 5.75 Å². The zero-order chi connectivity index (χ0) is 14.9. The Balaban J connectivity index is 1.86. The van der Waals surface area contributed by atoms with E-state index in [1.165, 1.54) is 29.7 Å². The molecule has 1 saturated heterocycles. The minimum absolute atomic E-state index is 0.323. The Labute approximate surface area is 137 Å². The maximum atomic E-state index is 6.30. The van der Waals surface area contributed by atoms with E-state index in [1.54, 1.807) is 0 Å². The number of hydrogen-bond donors (Lipinski definition) is 1. The average molecular weight is 326 g/mol. The molecule has 2 unspecified atom stereocenters. The first-order chi connectivity index (χ1) is 10.1. The number of fused-ring (bicyclic) bond motifs is 1. The van der Waals surface area contributed by atoms with E-state index in [0.29, 0.717) is 10.8 Å². The summed E-state index contributed by atoms with van der Waals surface area (Å²) in [6, 6.07) is 4.63. The topological polar surface area (TPSA) is 21.3 Å². The van der Waals surface area contributed by atoms with Crippen molar-refractivity contribution in [2.75, 3.05) is 18.9 Å². The molecule has 21 heavy (non-hydrogen) atoms. The molecule has 0 spiro atoms. The van der Waals surface area contributed by atoms with Crippen molar-refractivity contribution in [1.29, 1.82) is 0 Å².